The Labute approximate surface area is 95.1 Å². The first-order valence-electron chi connectivity index (χ1n) is 4.32. The lowest BCUT2D eigenvalue weighted by Crippen LogP contribution is -1.93. The van der Waals surface area contributed by atoms with Crippen molar-refractivity contribution in [2.45, 2.75) is 0 Å². The van der Waals surface area contributed by atoms with Gasteiger partial charge in [-0.05, 0) is 6.07 Å². The molecule has 0 saturated carbocycles. The number of methoxy groups -OCH3 is 1. The fourth-order valence-electron chi connectivity index (χ4n) is 1.14. The van der Waals surface area contributed by atoms with Gasteiger partial charge in [0.2, 0.25) is 11.9 Å². The molecule has 90 valence electrons. The van der Waals surface area contributed by atoms with Gasteiger partial charge >= 0.3 is 5.69 Å². The Balaban J connectivity index is 3.33. The summed E-state index contributed by atoms with van der Waals surface area (Å²) in [7, 11) is 1.29. The highest BCUT2D eigenvalue weighted by atomic mass is 16.6. The first kappa shape index (κ1) is 12.4. The van der Waals surface area contributed by atoms with Crippen molar-refractivity contribution in [3.05, 3.63) is 44.1 Å². The SMILES string of the molecule is COc1cc(C=C[N+](=O)[O-])c(O)c([N+](=O)[O-])c1. The molecule has 0 aliphatic carbocycles. The van der Waals surface area contributed by atoms with Crippen LogP contribution >= 0.6 is 0 Å². The van der Waals surface area contributed by atoms with Crippen molar-refractivity contribution in [2.75, 3.05) is 7.11 Å². The molecule has 1 N–H and O–H groups in total. The zero-order valence-electron chi connectivity index (χ0n) is 8.69. The van der Waals surface area contributed by atoms with E-state index in [-0.39, 0.29) is 11.3 Å². The average molecular weight is 240 g/mol. The predicted molar refractivity (Wildman–Crippen MR) is 57.3 cm³/mol. The van der Waals surface area contributed by atoms with Gasteiger partial charge in [0.1, 0.15) is 5.75 Å². The normalized spacial score (nSPS) is 10.4. The lowest BCUT2D eigenvalue weighted by atomic mass is 10.1. The highest BCUT2D eigenvalue weighted by Gasteiger charge is 2.18. The summed E-state index contributed by atoms with van der Waals surface area (Å²) in [4.78, 5) is 19.2. The van der Waals surface area contributed by atoms with Crippen LogP contribution in [0.4, 0.5) is 5.69 Å². The fraction of sp³-hybridized carbons (Fsp3) is 0.111. The van der Waals surface area contributed by atoms with Crippen LogP contribution in [0.15, 0.2) is 18.3 Å². The van der Waals surface area contributed by atoms with Crippen LogP contribution in [0.25, 0.3) is 6.08 Å². The summed E-state index contributed by atoms with van der Waals surface area (Å²) in [5.41, 5.74) is -0.639. The van der Waals surface area contributed by atoms with Crippen molar-refractivity contribution in [2.24, 2.45) is 0 Å². The standard InChI is InChI=1S/C9H8N2O6/c1-17-7-4-6(2-3-10(13)14)9(12)8(5-7)11(15)16/h2-5,12H,1H3. The second-order valence-electron chi connectivity index (χ2n) is 2.94. The highest BCUT2D eigenvalue weighted by molar-refractivity contribution is 5.66. The van der Waals surface area contributed by atoms with Crippen molar-refractivity contribution < 1.29 is 19.7 Å². The molecule has 0 heterocycles. The number of phenolic OH excluding ortho intramolecular Hbond substituents is 1. The number of benzene rings is 1. The third-order valence-corrected chi connectivity index (χ3v) is 1.90. The van der Waals surface area contributed by atoms with Crippen LogP contribution < -0.4 is 4.74 Å². The minimum Gasteiger partial charge on any atom is -0.502 e. The Hall–Kier alpha value is -2.64. The van der Waals surface area contributed by atoms with Crippen LogP contribution in [0.5, 0.6) is 11.5 Å². The number of hydrogen-bond donors (Lipinski definition) is 1. The minimum atomic E-state index is -0.804. The predicted octanol–water partition coefficient (Wildman–Crippen LogP) is 1.56. The molecule has 0 saturated heterocycles. The molecule has 0 atom stereocenters. The van der Waals surface area contributed by atoms with E-state index in [9.17, 15) is 25.3 Å². The van der Waals surface area contributed by atoms with E-state index in [0.29, 0.717) is 6.20 Å². The topological polar surface area (TPSA) is 116 Å². The lowest BCUT2D eigenvalue weighted by molar-refractivity contribution is -0.401. The summed E-state index contributed by atoms with van der Waals surface area (Å²) in [6, 6.07) is 2.28. The summed E-state index contributed by atoms with van der Waals surface area (Å²) >= 11 is 0. The zero-order chi connectivity index (χ0) is 13.0. The molecule has 0 aromatic heterocycles. The van der Waals surface area contributed by atoms with E-state index in [2.05, 4.69) is 0 Å². The second-order valence-corrected chi connectivity index (χ2v) is 2.94. The number of aromatic hydroxyl groups is 1. The van der Waals surface area contributed by atoms with E-state index >= 15 is 0 Å². The molecule has 0 spiro atoms. The van der Waals surface area contributed by atoms with E-state index in [4.69, 9.17) is 4.74 Å². The minimum absolute atomic E-state index is 0.0623. The monoisotopic (exact) mass is 240 g/mol. The van der Waals surface area contributed by atoms with Crippen molar-refractivity contribution in [1.29, 1.82) is 0 Å². The Morgan fingerprint density at radius 2 is 2.00 bits per heavy atom. The molecule has 0 bridgehead atoms. The number of nitro benzene ring substituents is 1. The Bertz CT molecular complexity index is 497. The van der Waals surface area contributed by atoms with Gasteiger partial charge < -0.3 is 9.84 Å². The zero-order valence-corrected chi connectivity index (χ0v) is 8.69. The molecular formula is C9H8N2O6. The second kappa shape index (κ2) is 4.92. The number of hydrogen-bond acceptors (Lipinski definition) is 6. The van der Waals surface area contributed by atoms with E-state index in [1.54, 1.807) is 0 Å². The van der Waals surface area contributed by atoms with Crippen LogP contribution in [0.3, 0.4) is 0 Å². The molecule has 1 aromatic carbocycles. The third kappa shape index (κ3) is 2.91. The number of ether oxygens (including phenoxy) is 1. The number of phenols is 1. The first-order chi connectivity index (χ1) is 7.95. The van der Waals surface area contributed by atoms with Gasteiger partial charge in [0.05, 0.1) is 23.0 Å². The maximum atomic E-state index is 10.6. The van der Waals surface area contributed by atoms with Gasteiger partial charge in [0, 0.05) is 11.6 Å². The molecule has 0 aliphatic rings. The van der Waals surface area contributed by atoms with Crippen molar-refractivity contribution >= 4 is 11.8 Å². The molecule has 0 aliphatic heterocycles. The average Bonchev–Trinajstić information content (AvgIpc) is 2.27. The van der Waals surface area contributed by atoms with Crippen LogP contribution in [-0.2, 0) is 0 Å². The maximum Gasteiger partial charge on any atom is 0.315 e. The van der Waals surface area contributed by atoms with E-state index in [1.165, 1.54) is 13.2 Å². The lowest BCUT2D eigenvalue weighted by Gasteiger charge is -2.04. The molecular weight excluding hydrogens is 232 g/mol. The van der Waals surface area contributed by atoms with Gasteiger partial charge in [0.25, 0.3) is 0 Å². The van der Waals surface area contributed by atoms with Gasteiger partial charge in [-0.2, -0.15) is 0 Å². The molecule has 0 radical (unpaired) electrons. The number of rotatable bonds is 4. The molecule has 17 heavy (non-hydrogen) atoms. The van der Waals surface area contributed by atoms with Crippen LogP contribution in [0.1, 0.15) is 5.56 Å². The molecule has 8 heteroatoms. The number of nitro groups is 2. The first-order valence-corrected chi connectivity index (χ1v) is 4.32. The molecule has 1 aromatic rings. The molecule has 0 unspecified atom stereocenters. The van der Waals surface area contributed by atoms with Crippen molar-refractivity contribution in [3.8, 4) is 11.5 Å². The Morgan fingerprint density at radius 1 is 1.35 bits per heavy atom. The Morgan fingerprint density at radius 3 is 2.47 bits per heavy atom. The van der Waals surface area contributed by atoms with Gasteiger partial charge in [0.15, 0.2) is 0 Å². The molecule has 0 amide bonds. The maximum absolute atomic E-state index is 10.6. The smallest absolute Gasteiger partial charge is 0.315 e. The summed E-state index contributed by atoms with van der Waals surface area (Å²) < 4.78 is 4.79. The molecule has 0 fully saturated rings. The van der Waals surface area contributed by atoms with Gasteiger partial charge in [-0.15, -0.1) is 0 Å². The van der Waals surface area contributed by atoms with E-state index < -0.39 is 21.3 Å². The quantitative estimate of drug-likeness (QED) is 0.630. The van der Waals surface area contributed by atoms with Gasteiger partial charge in [-0.25, -0.2) is 0 Å². The number of nitrogens with zero attached hydrogens (tertiary/aromatic N) is 2. The summed E-state index contributed by atoms with van der Waals surface area (Å²) in [5.74, 6) is -0.522. The summed E-state index contributed by atoms with van der Waals surface area (Å²) in [6.07, 6.45) is 1.52. The summed E-state index contributed by atoms with van der Waals surface area (Å²) in [5, 5.41) is 30.3. The van der Waals surface area contributed by atoms with Crippen LogP contribution in [0.2, 0.25) is 0 Å². The molecule has 1 rings (SSSR count). The van der Waals surface area contributed by atoms with Crippen molar-refractivity contribution in [1.82, 2.24) is 0 Å². The fourth-order valence-corrected chi connectivity index (χ4v) is 1.14. The van der Waals surface area contributed by atoms with E-state index in [0.717, 1.165) is 12.1 Å². The van der Waals surface area contributed by atoms with Crippen molar-refractivity contribution in [3.63, 3.8) is 0 Å². The van der Waals surface area contributed by atoms with Gasteiger partial charge in [-0.1, -0.05) is 0 Å². The van der Waals surface area contributed by atoms with Gasteiger partial charge in [-0.3, -0.25) is 20.2 Å². The highest BCUT2D eigenvalue weighted by Crippen LogP contribution is 2.34. The molecule has 8 nitrogen and oxygen atoms in total. The Kier molecular flexibility index (Phi) is 3.60. The van der Waals surface area contributed by atoms with Crippen LogP contribution in [-0.4, -0.2) is 22.1 Å². The largest absolute Gasteiger partial charge is 0.502 e. The third-order valence-electron chi connectivity index (χ3n) is 1.90. The van der Waals surface area contributed by atoms with Crippen LogP contribution in [0, 0.1) is 20.2 Å². The van der Waals surface area contributed by atoms with E-state index in [1.807, 2.05) is 0 Å². The summed E-state index contributed by atoms with van der Waals surface area (Å²) in [6.45, 7) is 0.